The van der Waals surface area contributed by atoms with Crippen molar-refractivity contribution in [3.05, 3.63) is 78.3 Å². The second-order valence-corrected chi connectivity index (χ2v) is 7.33. The number of aromatic nitrogens is 4. The lowest BCUT2D eigenvalue weighted by Crippen LogP contribution is -2.20. The van der Waals surface area contributed by atoms with Crippen molar-refractivity contribution < 1.29 is 31.9 Å². The number of halogens is 3. The molecule has 2 aromatic carbocycles. The summed E-state index contributed by atoms with van der Waals surface area (Å²) in [4.78, 5) is 13.5. The number of rotatable bonds is 9. The van der Waals surface area contributed by atoms with E-state index in [1.807, 2.05) is 6.07 Å². The van der Waals surface area contributed by atoms with E-state index in [9.17, 15) is 18.0 Å². The van der Waals surface area contributed by atoms with E-state index in [0.717, 1.165) is 18.2 Å². The number of alkyl halides is 3. The Kier molecular flexibility index (Phi) is 7.44. The van der Waals surface area contributed by atoms with E-state index in [0.29, 0.717) is 11.3 Å². The third-order valence-electron chi connectivity index (χ3n) is 4.88. The van der Waals surface area contributed by atoms with E-state index in [2.05, 4.69) is 20.8 Å². The van der Waals surface area contributed by atoms with Gasteiger partial charge in [-0.05, 0) is 40.8 Å². The van der Waals surface area contributed by atoms with Gasteiger partial charge in [0.05, 0.1) is 24.1 Å². The Labute approximate surface area is 203 Å². The Morgan fingerprint density at radius 3 is 2.61 bits per heavy atom. The van der Waals surface area contributed by atoms with Gasteiger partial charge in [-0.1, -0.05) is 30.3 Å². The SMILES string of the molecule is COCCOc1ccc(C(F)(F)F)cc1NC(=O)/C(=C/c1ccco1)n1nnnc1-c1ccccc1. The number of nitrogens with one attached hydrogen (secondary N) is 1. The van der Waals surface area contributed by atoms with Crippen LogP contribution in [0, 0.1) is 0 Å². The van der Waals surface area contributed by atoms with Gasteiger partial charge in [-0.2, -0.15) is 17.9 Å². The normalized spacial score (nSPS) is 11.9. The summed E-state index contributed by atoms with van der Waals surface area (Å²) in [7, 11) is 1.46. The smallest absolute Gasteiger partial charge is 0.416 e. The Hall–Kier alpha value is -4.45. The first-order valence-electron chi connectivity index (χ1n) is 10.6. The third kappa shape index (κ3) is 5.78. The van der Waals surface area contributed by atoms with E-state index in [1.165, 1.54) is 24.1 Å². The average molecular weight is 499 g/mol. The molecule has 0 bridgehead atoms. The van der Waals surface area contributed by atoms with Crippen LogP contribution in [0.5, 0.6) is 5.75 Å². The van der Waals surface area contributed by atoms with Crippen LogP contribution in [0.25, 0.3) is 23.2 Å². The molecule has 0 saturated carbocycles. The van der Waals surface area contributed by atoms with Crippen molar-refractivity contribution >= 4 is 23.4 Å². The van der Waals surface area contributed by atoms with Gasteiger partial charge in [0.1, 0.15) is 23.8 Å². The maximum Gasteiger partial charge on any atom is 0.416 e. The number of hydrogen-bond donors (Lipinski definition) is 1. The van der Waals surface area contributed by atoms with Crippen molar-refractivity contribution in [1.82, 2.24) is 20.2 Å². The molecule has 0 aliphatic carbocycles. The highest BCUT2D eigenvalue weighted by Gasteiger charge is 2.32. The van der Waals surface area contributed by atoms with Crippen molar-refractivity contribution in [2.24, 2.45) is 0 Å². The zero-order valence-electron chi connectivity index (χ0n) is 18.9. The van der Waals surface area contributed by atoms with Gasteiger partial charge in [0.15, 0.2) is 5.82 Å². The fraction of sp³-hybridized carbons (Fsp3) is 0.167. The lowest BCUT2D eigenvalue weighted by Gasteiger charge is -2.16. The number of tetrazole rings is 1. The average Bonchev–Trinajstić information content (AvgIpc) is 3.55. The molecule has 9 nitrogen and oxygen atoms in total. The van der Waals surface area contributed by atoms with Crippen molar-refractivity contribution in [3.8, 4) is 17.1 Å². The van der Waals surface area contributed by atoms with E-state index >= 15 is 0 Å². The predicted molar refractivity (Wildman–Crippen MR) is 124 cm³/mol. The van der Waals surface area contributed by atoms with Gasteiger partial charge >= 0.3 is 6.18 Å². The minimum absolute atomic E-state index is 0.0331. The maximum absolute atomic E-state index is 13.5. The highest BCUT2D eigenvalue weighted by atomic mass is 19.4. The second-order valence-electron chi connectivity index (χ2n) is 7.33. The fourth-order valence-electron chi connectivity index (χ4n) is 3.20. The first-order valence-corrected chi connectivity index (χ1v) is 10.6. The molecule has 1 N–H and O–H groups in total. The number of carbonyl (C=O) groups is 1. The zero-order chi connectivity index (χ0) is 25.5. The molecule has 0 fully saturated rings. The number of anilines is 1. The molecule has 0 radical (unpaired) electrons. The Morgan fingerprint density at radius 1 is 1.11 bits per heavy atom. The summed E-state index contributed by atoms with van der Waals surface area (Å²) in [6.07, 6.45) is -1.85. The monoisotopic (exact) mass is 499 g/mol. The van der Waals surface area contributed by atoms with Crippen LogP contribution in [-0.4, -0.2) is 46.4 Å². The number of hydrogen-bond acceptors (Lipinski definition) is 7. The van der Waals surface area contributed by atoms with Crippen LogP contribution in [0.15, 0.2) is 71.3 Å². The van der Waals surface area contributed by atoms with Crippen LogP contribution in [0.3, 0.4) is 0 Å². The molecule has 12 heteroatoms. The minimum Gasteiger partial charge on any atom is -0.489 e. The predicted octanol–water partition coefficient (Wildman–Crippen LogP) is 4.61. The van der Waals surface area contributed by atoms with Crippen LogP contribution < -0.4 is 10.1 Å². The molecule has 36 heavy (non-hydrogen) atoms. The minimum atomic E-state index is -4.63. The van der Waals surface area contributed by atoms with E-state index in [4.69, 9.17) is 13.9 Å². The molecular formula is C24H20F3N5O4. The number of furan rings is 1. The van der Waals surface area contributed by atoms with Crippen LogP contribution in [0.4, 0.5) is 18.9 Å². The van der Waals surface area contributed by atoms with E-state index in [1.54, 1.807) is 36.4 Å². The quantitative estimate of drug-likeness (QED) is 0.265. The molecule has 2 aromatic heterocycles. The van der Waals surface area contributed by atoms with Crippen molar-refractivity contribution in [2.45, 2.75) is 6.18 Å². The van der Waals surface area contributed by atoms with Gasteiger partial charge in [0, 0.05) is 18.7 Å². The van der Waals surface area contributed by atoms with Crippen LogP contribution in [0.2, 0.25) is 0 Å². The maximum atomic E-state index is 13.5. The summed E-state index contributed by atoms with van der Waals surface area (Å²) in [5.41, 5.74) is -0.635. The summed E-state index contributed by atoms with van der Waals surface area (Å²) < 4.78 is 57.1. The van der Waals surface area contributed by atoms with E-state index < -0.39 is 17.6 Å². The Morgan fingerprint density at radius 2 is 1.92 bits per heavy atom. The Bertz CT molecular complexity index is 1340. The van der Waals surface area contributed by atoms with E-state index in [-0.39, 0.29) is 36.2 Å². The third-order valence-corrected chi connectivity index (χ3v) is 4.88. The summed E-state index contributed by atoms with van der Waals surface area (Å²) in [5, 5.41) is 14.1. The molecule has 0 atom stereocenters. The van der Waals surface area contributed by atoms with Gasteiger partial charge in [-0.3, -0.25) is 4.79 Å². The summed E-state index contributed by atoms with van der Waals surface area (Å²) in [6.45, 7) is 0.258. The molecule has 4 rings (SSSR count). The number of benzene rings is 2. The fourth-order valence-corrected chi connectivity index (χ4v) is 3.20. The molecule has 0 unspecified atom stereocenters. The van der Waals surface area contributed by atoms with Gasteiger partial charge in [-0.25, -0.2) is 0 Å². The molecule has 0 aliphatic heterocycles. The molecule has 4 aromatic rings. The zero-order valence-corrected chi connectivity index (χ0v) is 18.9. The first kappa shape index (κ1) is 24.7. The summed E-state index contributed by atoms with van der Waals surface area (Å²) >= 11 is 0. The molecule has 0 spiro atoms. The molecule has 0 saturated heterocycles. The number of amides is 1. The lowest BCUT2D eigenvalue weighted by atomic mass is 10.1. The molecular weight excluding hydrogens is 479 g/mol. The highest BCUT2D eigenvalue weighted by molar-refractivity contribution is 6.24. The Balaban J connectivity index is 1.74. The highest BCUT2D eigenvalue weighted by Crippen LogP contribution is 2.35. The largest absolute Gasteiger partial charge is 0.489 e. The molecule has 0 aliphatic rings. The van der Waals surface area contributed by atoms with Gasteiger partial charge in [0.2, 0.25) is 0 Å². The van der Waals surface area contributed by atoms with Crippen LogP contribution >= 0.6 is 0 Å². The van der Waals surface area contributed by atoms with Gasteiger partial charge < -0.3 is 19.2 Å². The summed E-state index contributed by atoms with van der Waals surface area (Å²) in [5.74, 6) is -0.225. The first-order chi connectivity index (χ1) is 17.4. The number of methoxy groups -OCH3 is 1. The van der Waals surface area contributed by atoms with Crippen molar-refractivity contribution in [3.63, 3.8) is 0 Å². The van der Waals surface area contributed by atoms with Gasteiger partial charge in [-0.15, -0.1) is 5.10 Å². The topological polar surface area (TPSA) is 104 Å². The van der Waals surface area contributed by atoms with Crippen LogP contribution in [-0.2, 0) is 15.7 Å². The molecule has 2 heterocycles. The molecule has 1 amide bonds. The number of nitrogens with zero attached hydrogens (tertiary/aromatic N) is 4. The molecule has 186 valence electrons. The van der Waals surface area contributed by atoms with Crippen molar-refractivity contribution in [1.29, 1.82) is 0 Å². The summed E-state index contributed by atoms with van der Waals surface area (Å²) in [6, 6.07) is 14.9. The standard InChI is InChI=1S/C24H20F3N5O4/c1-34-12-13-36-21-10-9-17(24(25,26)27)14-19(21)28-23(33)20(15-18-8-5-11-35-18)32-22(29-30-31-32)16-6-3-2-4-7-16/h2-11,14-15H,12-13H2,1H3,(H,28,33)/b20-15-. The lowest BCUT2D eigenvalue weighted by molar-refractivity contribution is -0.137. The van der Waals surface area contributed by atoms with Crippen molar-refractivity contribution in [2.75, 3.05) is 25.6 Å². The van der Waals surface area contributed by atoms with Crippen LogP contribution in [0.1, 0.15) is 11.3 Å². The number of ether oxygens (including phenoxy) is 2. The second kappa shape index (κ2) is 10.9. The van der Waals surface area contributed by atoms with Gasteiger partial charge in [0.25, 0.3) is 5.91 Å². The number of carbonyl (C=O) groups excluding carboxylic acids is 1.